The van der Waals surface area contributed by atoms with E-state index >= 15 is 0 Å². The van der Waals surface area contributed by atoms with Crippen molar-refractivity contribution in [1.82, 2.24) is 9.80 Å². The summed E-state index contributed by atoms with van der Waals surface area (Å²) in [5.41, 5.74) is -0.685. The number of thiophene rings is 1. The molecule has 1 N–H and O–H groups in total. The minimum Gasteiger partial charge on any atom is -0.389 e. The van der Waals surface area contributed by atoms with Gasteiger partial charge in [-0.05, 0) is 51.8 Å². The summed E-state index contributed by atoms with van der Waals surface area (Å²) >= 11 is 8.28. The van der Waals surface area contributed by atoms with Gasteiger partial charge in [-0.1, -0.05) is 0 Å². The zero-order chi connectivity index (χ0) is 14.9. The SMILES string of the molecule is CC(C)(O)CN1CCN(C(=O)c2cc(Br)c(Br)s2)CC1. The summed E-state index contributed by atoms with van der Waals surface area (Å²) in [6.45, 7) is 7.30. The van der Waals surface area contributed by atoms with E-state index in [-0.39, 0.29) is 5.91 Å². The van der Waals surface area contributed by atoms with Crippen LogP contribution in [0.5, 0.6) is 0 Å². The molecule has 1 aromatic rings. The molecule has 1 aliphatic rings. The second-order valence-electron chi connectivity index (χ2n) is 5.61. The van der Waals surface area contributed by atoms with Crippen LogP contribution in [-0.4, -0.2) is 59.1 Å². The Morgan fingerprint density at radius 1 is 1.35 bits per heavy atom. The lowest BCUT2D eigenvalue weighted by molar-refractivity contribution is 0.0179. The van der Waals surface area contributed by atoms with Gasteiger partial charge in [0.05, 0.1) is 14.3 Å². The van der Waals surface area contributed by atoms with Gasteiger partial charge in [0.2, 0.25) is 0 Å². The number of carbonyl (C=O) groups is 1. The first kappa shape index (κ1) is 16.4. The van der Waals surface area contributed by atoms with Crippen LogP contribution in [0.2, 0.25) is 0 Å². The quantitative estimate of drug-likeness (QED) is 0.809. The van der Waals surface area contributed by atoms with Crippen molar-refractivity contribution in [1.29, 1.82) is 0 Å². The third-order valence-corrected chi connectivity index (χ3v) is 6.37. The second kappa shape index (κ2) is 6.44. The highest BCUT2D eigenvalue weighted by molar-refractivity contribution is 9.13. The number of hydrogen-bond donors (Lipinski definition) is 1. The first-order valence-electron chi connectivity index (χ1n) is 6.45. The molecule has 1 aromatic heterocycles. The van der Waals surface area contributed by atoms with Crippen molar-refractivity contribution in [2.75, 3.05) is 32.7 Å². The van der Waals surface area contributed by atoms with Gasteiger partial charge in [0.15, 0.2) is 0 Å². The van der Waals surface area contributed by atoms with E-state index < -0.39 is 5.60 Å². The lowest BCUT2D eigenvalue weighted by Crippen LogP contribution is -2.51. The summed E-state index contributed by atoms with van der Waals surface area (Å²) in [5.74, 6) is 0.0873. The van der Waals surface area contributed by atoms with E-state index in [9.17, 15) is 9.90 Å². The molecule has 0 aromatic carbocycles. The van der Waals surface area contributed by atoms with Crippen molar-refractivity contribution in [2.24, 2.45) is 0 Å². The minimum absolute atomic E-state index is 0.0873. The van der Waals surface area contributed by atoms with Crippen molar-refractivity contribution in [3.8, 4) is 0 Å². The number of amides is 1. The Kier molecular flexibility index (Phi) is 5.29. The van der Waals surface area contributed by atoms with Crippen LogP contribution in [0.3, 0.4) is 0 Å². The Balaban J connectivity index is 1.92. The zero-order valence-corrected chi connectivity index (χ0v) is 15.5. The number of halogens is 2. The fourth-order valence-electron chi connectivity index (χ4n) is 2.26. The first-order chi connectivity index (χ1) is 9.26. The van der Waals surface area contributed by atoms with Gasteiger partial charge in [-0.15, -0.1) is 11.3 Å². The lowest BCUT2D eigenvalue weighted by atomic mass is 10.1. The van der Waals surface area contributed by atoms with E-state index in [1.54, 1.807) is 0 Å². The molecule has 0 saturated carbocycles. The topological polar surface area (TPSA) is 43.8 Å². The van der Waals surface area contributed by atoms with Crippen LogP contribution in [0.1, 0.15) is 23.5 Å². The van der Waals surface area contributed by atoms with Crippen LogP contribution in [0, 0.1) is 0 Å². The van der Waals surface area contributed by atoms with Crippen LogP contribution >= 0.6 is 43.2 Å². The van der Waals surface area contributed by atoms with Crippen molar-refractivity contribution < 1.29 is 9.90 Å². The van der Waals surface area contributed by atoms with Gasteiger partial charge in [0, 0.05) is 37.2 Å². The maximum Gasteiger partial charge on any atom is 0.264 e. The predicted molar refractivity (Wildman–Crippen MR) is 88.4 cm³/mol. The van der Waals surface area contributed by atoms with Gasteiger partial charge in [-0.3, -0.25) is 9.69 Å². The minimum atomic E-state index is -0.685. The molecule has 2 rings (SSSR count). The van der Waals surface area contributed by atoms with Gasteiger partial charge in [-0.2, -0.15) is 0 Å². The molecule has 0 unspecified atom stereocenters. The van der Waals surface area contributed by atoms with Crippen LogP contribution in [0.15, 0.2) is 14.3 Å². The van der Waals surface area contributed by atoms with Crippen LogP contribution in [0.25, 0.3) is 0 Å². The van der Waals surface area contributed by atoms with Gasteiger partial charge in [0.25, 0.3) is 5.91 Å². The number of piperazine rings is 1. The second-order valence-corrected chi connectivity index (χ2v) is 8.84. The Morgan fingerprint density at radius 2 is 1.95 bits per heavy atom. The molecule has 1 amide bonds. The highest BCUT2D eigenvalue weighted by atomic mass is 79.9. The summed E-state index contributed by atoms with van der Waals surface area (Å²) in [6.07, 6.45) is 0. The summed E-state index contributed by atoms with van der Waals surface area (Å²) in [4.78, 5) is 17.2. The molecule has 20 heavy (non-hydrogen) atoms. The highest BCUT2D eigenvalue weighted by Crippen LogP contribution is 2.33. The molecular formula is C13H18Br2N2O2S. The van der Waals surface area contributed by atoms with Gasteiger partial charge >= 0.3 is 0 Å². The Labute approximate surface area is 140 Å². The Morgan fingerprint density at radius 3 is 2.40 bits per heavy atom. The van der Waals surface area contributed by atoms with E-state index in [2.05, 4.69) is 36.8 Å². The monoisotopic (exact) mass is 424 g/mol. The molecule has 0 bridgehead atoms. The predicted octanol–water partition coefficient (Wildman–Crippen LogP) is 2.80. The molecule has 0 spiro atoms. The van der Waals surface area contributed by atoms with E-state index in [0.717, 1.165) is 26.2 Å². The van der Waals surface area contributed by atoms with E-state index in [0.29, 0.717) is 19.6 Å². The third-order valence-electron chi connectivity index (χ3n) is 3.13. The van der Waals surface area contributed by atoms with E-state index in [1.165, 1.54) is 11.3 Å². The van der Waals surface area contributed by atoms with E-state index in [4.69, 9.17) is 0 Å². The van der Waals surface area contributed by atoms with Gasteiger partial charge in [0.1, 0.15) is 0 Å². The van der Waals surface area contributed by atoms with Crippen LogP contribution in [0.4, 0.5) is 0 Å². The average Bonchev–Trinajstić information content (AvgIpc) is 2.68. The summed E-state index contributed by atoms with van der Waals surface area (Å²) in [6, 6.07) is 1.86. The molecule has 1 saturated heterocycles. The van der Waals surface area contributed by atoms with Crippen molar-refractivity contribution in [3.63, 3.8) is 0 Å². The first-order valence-corrected chi connectivity index (χ1v) is 8.85. The number of nitrogens with zero attached hydrogens (tertiary/aromatic N) is 2. The number of hydrogen-bond acceptors (Lipinski definition) is 4. The normalized spacial score (nSPS) is 17.6. The van der Waals surface area contributed by atoms with Crippen molar-refractivity contribution in [3.05, 3.63) is 19.2 Å². The van der Waals surface area contributed by atoms with Gasteiger partial charge < -0.3 is 10.0 Å². The number of rotatable bonds is 3. The third kappa shape index (κ3) is 4.27. The number of β-amino-alcohol motifs (C(OH)–C–C–N with tert-alkyl or cyclic N) is 1. The van der Waals surface area contributed by atoms with Crippen LogP contribution in [-0.2, 0) is 0 Å². The summed E-state index contributed by atoms with van der Waals surface area (Å²) in [7, 11) is 0. The highest BCUT2D eigenvalue weighted by Gasteiger charge is 2.26. The molecule has 0 radical (unpaired) electrons. The molecule has 7 heteroatoms. The fourth-order valence-corrected chi connectivity index (χ4v) is 4.27. The standard InChI is InChI=1S/C13H18Br2N2O2S/c1-13(2,19)8-16-3-5-17(6-4-16)12(18)10-7-9(14)11(15)20-10/h7,19H,3-6,8H2,1-2H3. The molecule has 1 fully saturated rings. The smallest absolute Gasteiger partial charge is 0.264 e. The maximum absolute atomic E-state index is 12.4. The van der Waals surface area contributed by atoms with Crippen molar-refractivity contribution >= 4 is 49.1 Å². The molecule has 0 atom stereocenters. The average molecular weight is 426 g/mol. The fraction of sp³-hybridized carbons (Fsp3) is 0.615. The lowest BCUT2D eigenvalue weighted by Gasteiger charge is -2.37. The van der Waals surface area contributed by atoms with Crippen molar-refractivity contribution in [2.45, 2.75) is 19.4 Å². The zero-order valence-electron chi connectivity index (χ0n) is 11.5. The number of carbonyl (C=O) groups excluding carboxylic acids is 1. The molecule has 4 nitrogen and oxygen atoms in total. The van der Waals surface area contributed by atoms with E-state index in [1.807, 2.05) is 24.8 Å². The largest absolute Gasteiger partial charge is 0.389 e. The summed E-state index contributed by atoms with van der Waals surface area (Å²) in [5, 5.41) is 9.83. The Bertz CT molecular complexity index is 472. The molecule has 2 heterocycles. The summed E-state index contributed by atoms with van der Waals surface area (Å²) < 4.78 is 1.87. The maximum atomic E-state index is 12.4. The number of aliphatic hydroxyl groups is 1. The van der Waals surface area contributed by atoms with Crippen LogP contribution < -0.4 is 0 Å². The molecular weight excluding hydrogens is 408 g/mol. The van der Waals surface area contributed by atoms with Gasteiger partial charge in [-0.25, -0.2) is 0 Å². The molecule has 1 aliphatic heterocycles. The molecule has 0 aliphatic carbocycles. The Hall–Kier alpha value is 0.0500. The molecule has 112 valence electrons.